The fourth-order valence-corrected chi connectivity index (χ4v) is 2.80. The summed E-state index contributed by atoms with van der Waals surface area (Å²) < 4.78 is 5.42. The van der Waals surface area contributed by atoms with Crippen LogP contribution in [-0.4, -0.2) is 24.3 Å². The van der Waals surface area contributed by atoms with E-state index in [0.29, 0.717) is 12.5 Å². The summed E-state index contributed by atoms with van der Waals surface area (Å²) in [6.07, 6.45) is 4.48. The number of nitrogens with zero attached hydrogens (tertiary/aromatic N) is 2. The molecule has 2 heterocycles. The smallest absolute Gasteiger partial charge is 0.164 e. The largest absolute Gasteiger partial charge is 0.367 e. The Labute approximate surface area is 123 Å². The van der Waals surface area contributed by atoms with Gasteiger partial charge in [0.15, 0.2) is 5.76 Å². The molecule has 2 N–H and O–H groups in total. The van der Waals surface area contributed by atoms with Crippen molar-refractivity contribution in [2.24, 2.45) is 5.73 Å². The van der Waals surface area contributed by atoms with E-state index in [9.17, 15) is 0 Å². The highest BCUT2D eigenvalue weighted by molar-refractivity contribution is 6.31. The van der Waals surface area contributed by atoms with E-state index >= 15 is 0 Å². The maximum Gasteiger partial charge on any atom is 0.164 e. The first kappa shape index (κ1) is 13.5. The zero-order valence-electron chi connectivity index (χ0n) is 11.3. The molecule has 0 atom stereocenters. The van der Waals surface area contributed by atoms with Gasteiger partial charge in [0.25, 0.3) is 0 Å². The van der Waals surface area contributed by atoms with Crippen LogP contribution in [0.3, 0.4) is 0 Å². The number of halogens is 1. The third-order valence-corrected chi connectivity index (χ3v) is 4.18. The van der Waals surface area contributed by atoms with Gasteiger partial charge in [0.05, 0.1) is 6.20 Å². The fraction of sp³-hybridized carbons (Fsp3) is 0.400. The molecule has 0 bridgehead atoms. The normalized spacial score (nSPS) is 16.6. The Morgan fingerprint density at radius 1 is 1.30 bits per heavy atom. The second kappa shape index (κ2) is 5.85. The Balaban J connectivity index is 1.79. The average molecular weight is 292 g/mol. The van der Waals surface area contributed by atoms with E-state index in [1.54, 1.807) is 6.20 Å². The van der Waals surface area contributed by atoms with Crippen molar-refractivity contribution in [2.45, 2.75) is 25.3 Å². The molecule has 0 amide bonds. The van der Waals surface area contributed by atoms with E-state index in [0.717, 1.165) is 48.0 Å². The molecule has 0 unspecified atom stereocenters. The van der Waals surface area contributed by atoms with Gasteiger partial charge in [-0.2, -0.15) is 0 Å². The number of anilines is 1. The molecule has 1 saturated heterocycles. The van der Waals surface area contributed by atoms with Crippen LogP contribution in [-0.2, 0) is 6.42 Å². The van der Waals surface area contributed by atoms with Gasteiger partial charge in [0.2, 0.25) is 0 Å². The van der Waals surface area contributed by atoms with Crippen LogP contribution in [0.5, 0.6) is 0 Å². The average Bonchev–Trinajstić information content (AvgIpc) is 2.90. The molecule has 0 spiro atoms. The molecule has 1 aliphatic rings. The van der Waals surface area contributed by atoms with Gasteiger partial charge >= 0.3 is 0 Å². The summed E-state index contributed by atoms with van der Waals surface area (Å²) in [6.45, 7) is 1.91. The molecule has 1 aliphatic heterocycles. The van der Waals surface area contributed by atoms with Gasteiger partial charge in [-0.15, -0.1) is 0 Å². The molecule has 1 aromatic carbocycles. The summed E-state index contributed by atoms with van der Waals surface area (Å²) >= 11 is 6.21. The van der Waals surface area contributed by atoms with Gasteiger partial charge in [0, 0.05) is 30.6 Å². The highest BCUT2D eigenvalue weighted by Crippen LogP contribution is 2.27. The number of hydrogen-bond donors (Lipinski definition) is 1. The Kier molecular flexibility index (Phi) is 3.94. The van der Waals surface area contributed by atoms with Crippen LogP contribution < -0.4 is 10.6 Å². The van der Waals surface area contributed by atoms with E-state index in [-0.39, 0.29) is 0 Å². The van der Waals surface area contributed by atoms with Gasteiger partial charge < -0.3 is 15.2 Å². The quantitative estimate of drug-likeness (QED) is 0.945. The van der Waals surface area contributed by atoms with Crippen molar-refractivity contribution in [1.29, 1.82) is 0 Å². The van der Waals surface area contributed by atoms with Crippen LogP contribution in [0.1, 0.15) is 24.2 Å². The standard InChI is InChI=1S/C15H18ClN3O/c16-13-4-2-1-3-11(13)9-15-14(10-18-20-15)19-7-5-12(17)6-8-19/h1-4,10,12H,5-9,17H2. The van der Waals surface area contributed by atoms with E-state index < -0.39 is 0 Å². The van der Waals surface area contributed by atoms with E-state index in [1.807, 2.05) is 24.3 Å². The lowest BCUT2D eigenvalue weighted by molar-refractivity contribution is 0.388. The summed E-state index contributed by atoms with van der Waals surface area (Å²) in [6, 6.07) is 8.14. The van der Waals surface area contributed by atoms with Crippen LogP contribution in [0.15, 0.2) is 35.0 Å². The second-order valence-corrected chi connectivity index (χ2v) is 5.63. The first-order chi connectivity index (χ1) is 9.74. The van der Waals surface area contributed by atoms with Crippen LogP contribution in [0, 0.1) is 0 Å². The van der Waals surface area contributed by atoms with Crippen molar-refractivity contribution < 1.29 is 4.52 Å². The van der Waals surface area contributed by atoms with Crippen molar-refractivity contribution in [3.05, 3.63) is 46.8 Å². The van der Waals surface area contributed by atoms with Crippen LogP contribution in [0.4, 0.5) is 5.69 Å². The molecule has 4 nitrogen and oxygen atoms in total. The molecule has 3 rings (SSSR count). The summed E-state index contributed by atoms with van der Waals surface area (Å²) in [5.41, 5.74) is 8.07. The molecule has 0 saturated carbocycles. The molecule has 1 aromatic heterocycles. The van der Waals surface area contributed by atoms with Crippen molar-refractivity contribution in [1.82, 2.24) is 5.16 Å². The molecule has 0 aliphatic carbocycles. The first-order valence-electron chi connectivity index (χ1n) is 6.91. The van der Waals surface area contributed by atoms with Gasteiger partial charge in [-0.25, -0.2) is 0 Å². The summed E-state index contributed by atoms with van der Waals surface area (Å²) in [4.78, 5) is 2.30. The Bertz CT molecular complexity index is 576. The topological polar surface area (TPSA) is 55.3 Å². The molecule has 106 valence electrons. The number of hydrogen-bond acceptors (Lipinski definition) is 4. The van der Waals surface area contributed by atoms with Crippen molar-refractivity contribution in [3.63, 3.8) is 0 Å². The molecule has 2 aromatic rings. The molecular weight excluding hydrogens is 274 g/mol. The monoisotopic (exact) mass is 291 g/mol. The lowest BCUT2D eigenvalue weighted by Gasteiger charge is -2.31. The van der Waals surface area contributed by atoms with Crippen molar-refractivity contribution in [3.8, 4) is 0 Å². The lowest BCUT2D eigenvalue weighted by Crippen LogP contribution is -2.39. The SMILES string of the molecule is NC1CCN(c2cnoc2Cc2ccccc2Cl)CC1. The van der Waals surface area contributed by atoms with E-state index in [1.165, 1.54) is 0 Å². The number of rotatable bonds is 3. The molecule has 5 heteroatoms. The molecule has 0 radical (unpaired) electrons. The molecule has 20 heavy (non-hydrogen) atoms. The Morgan fingerprint density at radius 3 is 2.80 bits per heavy atom. The predicted molar refractivity (Wildman–Crippen MR) is 80.2 cm³/mol. The maximum atomic E-state index is 6.21. The zero-order valence-corrected chi connectivity index (χ0v) is 12.0. The summed E-state index contributed by atoms with van der Waals surface area (Å²) in [5, 5.41) is 4.71. The van der Waals surface area contributed by atoms with Crippen molar-refractivity contribution in [2.75, 3.05) is 18.0 Å². The first-order valence-corrected chi connectivity index (χ1v) is 7.29. The molecule has 1 fully saturated rings. The van der Waals surface area contributed by atoms with Gasteiger partial charge in [0.1, 0.15) is 5.69 Å². The Morgan fingerprint density at radius 2 is 2.05 bits per heavy atom. The second-order valence-electron chi connectivity index (χ2n) is 5.23. The number of nitrogens with two attached hydrogens (primary N) is 1. The minimum absolute atomic E-state index is 0.318. The Hall–Kier alpha value is -1.52. The minimum Gasteiger partial charge on any atom is -0.367 e. The number of piperidine rings is 1. The predicted octanol–water partition coefficient (Wildman–Crippen LogP) is 2.85. The van der Waals surface area contributed by atoms with Gasteiger partial charge in [-0.1, -0.05) is 35.0 Å². The van der Waals surface area contributed by atoms with Gasteiger partial charge in [-0.05, 0) is 24.5 Å². The summed E-state index contributed by atoms with van der Waals surface area (Å²) in [5.74, 6) is 0.869. The third-order valence-electron chi connectivity index (χ3n) is 3.81. The van der Waals surface area contributed by atoms with E-state index in [4.69, 9.17) is 21.9 Å². The van der Waals surface area contributed by atoms with Crippen molar-refractivity contribution >= 4 is 17.3 Å². The van der Waals surface area contributed by atoms with Crippen LogP contribution in [0.2, 0.25) is 5.02 Å². The third kappa shape index (κ3) is 2.81. The number of aromatic nitrogens is 1. The summed E-state index contributed by atoms with van der Waals surface area (Å²) in [7, 11) is 0. The maximum absolute atomic E-state index is 6.21. The fourth-order valence-electron chi connectivity index (χ4n) is 2.59. The molecular formula is C15H18ClN3O. The number of benzene rings is 1. The van der Waals surface area contributed by atoms with Gasteiger partial charge in [-0.3, -0.25) is 0 Å². The highest BCUT2D eigenvalue weighted by Gasteiger charge is 2.21. The lowest BCUT2D eigenvalue weighted by atomic mass is 10.0. The van der Waals surface area contributed by atoms with Crippen LogP contribution in [0.25, 0.3) is 0 Å². The zero-order chi connectivity index (χ0) is 13.9. The van der Waals surface area contributed by atoms with Crippen LogP contribution >= 0.6 is 11.6 Å². The highest BCUT2D eigenvalue weighted by atomic mass is 35.5. The van der Waals surface area contributed by atoms with E-state index in [2.05, 4.69) is 10.1 Å². The minimum atomic E-state index is 0.318.